The molecule has 0 spiro atoms. The van der Waals surface area contributed by atoms with E-state index in [1.165, 1.54) is 6.33 Å². The van der Waals surface area contributed by atoms with Gasteiger partial charge in [0.25, 0.3) is 5.91 Å². The number of fused-ring (bicyclic) bond motifs is 1. The van der Waals surface area contributed by atoms with Crippen LogP contribution < -0.4 is 5.32 Å². The number of anilines is 1. The van der Waals surface area contributed by atoms with E-state index in [0.29, 0.717) is 42.1 Å². The van der Waals surface area contributed by atoms with Crippen molar-refractivity contribution in [2.24, 2.45) is 0 Å². The molecule has 31 heavy (non-hydrogen) atoms. The Morgan fingerprint density at radius 3 is 2.84 bits per heavy atom. The number of carbonyl (C=O) groups excluding carboxylic acids is 1. The summed E-state index contributed by atoms with van der Waals surface area (Å²) >= 11 is 0. The molecule has 2 aliphatic heterocycles. The molecule has 2 aliphatic rings. The topological polar surface area (TPSA) is 126 Å². The number of aliphatic hydroxyl groups is 2. The van der Waals surface area contributed by atoms with Gasteiger partial charge in [0.1, 0.15) is 12.4 Å². The van der Waals surface area contributed by atoms with Gasteiger partial charge in [-0.25, -0.2) is 15.0 Å². The van der Waals surface area contributed by atoms with Crippen molar-refractivity contribution in [3.63, 3.8) is 0 Å². The van der Waals surface area contributed by atoms with Crippen LogP contribution in [0.25, 0.3) is 11.2 Å². The number of nitrogens with zero attached hydrogens (tertiary/aromatic N) is 5. The van der Waals surface area contributed by atoms with Gasteiger partial charge in [0.15, 0.2) is 23.2 Å². The maximum atomic E-state index is 12.7. The van der Waals surface area contributed by atoms with E-state index in [2.05, 4.69) is 20.3 Å². The number of rotatable bonds is 5. The Hall–Kier alpha value is -3.08. The average molecular weight is 424 g/mol. The second kappa shape index (κ2) is 8.22. The minimum absolute atomic E-state index is 0.0211. The molecule has 3 N–H and O–H groups in total. The highest BCUT2D eigenvalue weighted by Gasteiger charge is 2.36. The summed E-state index contributed by atoms with van der Waals surface area (Å²) in [7, 11) is 0. The van der Waals surface area contributed by atoms with Gasteiger partial charge < -0.3 is 25.2 Å². The molecule has 2 aromatic heterocycles. The highest BCUT2D eigenvalue weighted by molar-refractivity contribution is 5.94. The van der Waals surface area contributed by atoms with E-state index in [0.717, 1.165) is 6.42 Å². The molecular weight excluding hydrogens is 400 g/mol. The van der Waals surface area contributed by atoms with Gasteiger partial charge in [0.2, 0.25) is 0 Å². The predicted octanol–water partition coefficient (Wildman–Crippen LogP) is 0.794. The van der Waals surface area contributed by atoms with Gasteiger partial charge >= 0.3 is 0 Å². The fourth-order valence-electron chi connectivity index (χ4n) is 4.26. The van der Waals surface area contributed by atoms with E-state index in [1.807, 2.05) is 35.2 Å². The summed E-state index contributed by atoms with van der Waals surface area (Å²) in [6.45, 7) is 1.09. The lowest BCUT2D eigenvalue weighted by Crippen LogP contribution is -2.31. The number of aromatic nitrogens is 4. The quantitative estimate of drug-likeness (QED) is 0.549. The molecule has 1 aromatic carbocycles. The number of hydrogen-bond donors (Lipinski definition) is 3. The number of aliphatic hydroxyl groups excluding tert-OH is 2. The third-order valence-electron chi connectivity index (χ3n) is 5.84. The van der Waals surface area contributed by atoms with Gasteiger partial charge in [-0.15, -0.1) is 0 Å². The molecule has 0 saturated carbocycles. The Bertz CT molecular complexity index is 1070. The highest BCUT2D eigenvalue weighted by Crippen LogP contribution is 2.32. The minimum Gasteiger partial charge on any atom is -0.394 e. The van der Waals surface area contributed by atoms with Crippen LogP contribution in [0.1, 0.15) is 29.4 Å². The largest absolute Gasteiger partial charge is 0.394 e. The molecule has 5 rings (SSSR count). The van der Waals surface area contributed by atoms with Gasteiger partial charge in [-0.05, 0) is 18.6 Å². The average Bonchev–Trinajstić information content (AvgIpc) is 3.52. The van der Waals surface area contributed by atoms with Crippen molar-refractivity contribution in [2.45, 2.75) is 37.3 Å². The molecule has 0 radical (unpaired) electrons. The lowest BCUT2D eigenvalue weighted by atomic mass is 10.2. The normalized spacial score (nSPS) is 25.9. The second-order valence-corrected chi connectivity index (χ2v) is 7.93. The van der Waals surface area contributed by atoms with Crippen LogP contribution >= 0.6 is 0 Å². The first-order chi connectivity index (χ1) is 15.1. The molecule has 1 unspecified atom stereocenters. The summed E-state index contributed by atoms with van der Waals surface area (Å²) in [4.78, 5) is 27.6. The van der Waals surface area contributed by atoms with E-state index in [4.69, 9.17) is 4.74 Å². The molecule has 0 bridgehead atoms. The van der Waals surface area contributed by atoms with E-state index in [1.54, 1.807) is 10.9 Å². The molecule has 162 valence electrons. The Morgan fingerprint density at radius 1 is 1.23 bits per heavy atom. The molecule has 2 saturated heterocycles. The summed E-state index contributed by atoms with van der Waals surface area (Å²) < 4.78 is 7.40. The van der Waals surface area contributed by atoms with E-state index < -0.39 is 18.4 Å². The van der Waals surface area contributed by atoms with Crippen LogP contribution in [0.2, 0.25) is 0 Å². The van der Waals surface area contributed by atoms with Crippen LogP contribution in [0.5, 0.6) is 0 Å². The van der Waals surface area contributed by atoms with Gasteiger partial charge in [0, 0.05) is 31.1 Å². The third kappa shape index (κ3) is 3.73. The van der Waals surface area contributed by atoms with E-state index in [9.17, 15) is 15.0 Å². The summed E-state index contributed by atoms with van der Waals surface area (Å²) in [6.07, 6.45) is 2.33. The molecule has 0 aliphatic carbocycles. The maximum absolute atomic E-state index is 12.7. The first kappa shape index (κ1) is 19.9. The van der Waals surface area contributed by atoms with Crippen LogP contribution in [0.3, 0.4) is 0 Å². The predicted molar refractivity (Wildman–Crippen MR) is 111 cm³/mol. The van der Waals surface area contributed by atoms with Crippen molar-refractivity contribution in [3.8, 4) is 0 Å². The van der Waals surface area contributed by atoms with E-state index >= 15 is 0 Å². The number of likely N-dealkylation sites (tertiary alicyclic amines) is 1. The van der Waals surface area contributed by atoms with Gasteiger partial charge in [-0.1, -0.05) is 18.2 Å². The molecule has 1 amide bonds. The number of hydrogen-bond acceptors (Lipinski definition) is 8. The van der Waals surface area contributed by atoms with Gasteiger partial charge in [0.05, 0.1) is 19.0 Å². The van der Waals surface area contributed by atoms with Crippen molar-refractivity contribution in [1.29, 1.82) is 0 Å². The fourth-order valence-corrected chi connectivity index (χ4v) is 4.26. The minimum atomic E-state index is -0.756. The lowest BCUT2D eigenvalue weighted by molar-refractivity contribution is -0.0486. The Morgan fingerprint density at radius 2 is 2.06 bits per heavy atom. The zero-order valence-electron chi connectivity index (χ0n) is 16.8. The molecule has 2 fully saturated rings. The standard InChI is InChI=1S/C21H24N6O4/c28-10-15-8-16(29)21(31-15)27-12-24-17-18(22-11-23-19(17)27)25-14-6-7-26(9-14)20(30)13-4-2-1-3-5-13/h1-5,11-12,14-16,21,28-29H,6-10H2,(H,22,23,25)/t14?,15-,16+,21+/m0/s1. The Kier molecular flexibility index (Phi) is 5.26. The first-order valence-corrected chi connectivity index (χ1v) is 10.4. The third-order valence-corrected chi connectivity index (χ3v) is 5.84. The van der Waals surface area contributed by atoms with Crippen molar-refractivity contribution in [3.05, 3.63) is 48.5 Å². The van der Waals surface area contributed by atoms with Crippen LogP contribution in [0.15, 0.2) is 43.0 Å². The summed E-state index contributed by atoms with van der Waals surface area (Å²) in [5, 5.41) is 23.0. The molecule has 10 heteroatoms. The first-order valence-electron chi connectivity index (χ1n) is 10.4. The summed E-state index contributed by atoms with van der Waals surface area (Å²) in [6, 6.07) is 9.31. The van der Waals surface area contributed by atoms with Crippen LogP contribution in [0, 0.1) is 0 Å². The maximum Gasteiger partial charge on any atom is 0.253 e. The Balaban J connectivity index is 1.32. The molecule has 4 heterocycles. The van der Waals surface area contributed by atoms with Gasteiger partial charge in [-0.3, -0.25) is 9.36 Å². The zero-order chi connectivity index (χ0) is 21.4. The van der Waals surface area contributed by atoms with Crippen LogP contribution in [0.4, 0.5) is 5.82 Å². The van der Waals surface area contributed by atoms with E-state index in [-0.39, 0.29) is 18.6 Å². The van der Waals surface area contributed by atoms with Crippen LogP contribution in [-0.2, 0) is 4.74 Å². The second-order valence-electron chi connectivity index (χ2n) is 7.93. The number of amides is 1. The molecule has 4 atom stereocenters. The van der Waals surface area contributed by atoms with Crippen LogP contribution in [-0.4, -0.2) is 78.5 Å². The summed E-state index contributed by atoms with van der Waals surface area (Å²) in [5.74, 6) is 0.599. The number of carbonyl (C=O) groups is 1. The molecule has 10 nitrogen and oxygen atoms in total. The lowest BCUT2D eigenvalue weighted by Gasteiger charge is -2.18. The van der Waals surface area contributed by atoms with Crippen molar-refractivity contribution >= 4 is 22.9 Å². The summed E-state index contributed by atoms with van der Waals surface area (Å²) in [5.41, 5.74) is 1.79. The molecular formula is C21H24N6O4. The highest BCUT2D eigenvalue weighted by atomic mass is 16.5. The molecule has 3 aromatic rings. The Labute approximate surface area is 178 Å². The SMILES string of the molecule is O=C(c1ccccc1)N1CCC(Nc2ncnc3c2ncn3[C@@H]2O[C@H](CO)C[C@H]2O)C1. The number of imidazole rings is 1. The number of ether oxygens (including phenoxy) is 1. The zero-order valence-corrected chi connectivity index (χ0v) is 16.8. The van der Waals surface area contributed by atoms with Gasteiger partial charge in [-0.2, -0.15) is 0 Å². The monoisotopic (exact) mass is 424 g/mol. The smallest absolute Gasteiger partial charge is 0.253 e. The van der Waals surface area contributed by atoms with Crippen molar-refractivity contribution < 1.29 is 19.7 Å². The number of benzene rings is 1. The van der Waals surface area contributed by atoms with Crippen molar-refractivity contribution in [1.82, 2.24) is 24.4 Å². The number of nitrogens with one attached hydrogen (secondary N) is 1. The fraction of sp³-hybridized carbons (Fsp3) is 0.429. The van der Waals surface area contributed by atoms with Crippen molar-refractivity contribution in [2.75, 3.05) is 25.0 Å².